The second-order valence-corrected chi connectivity index (χ2v) is 5.41. The molecular formula is C12H24N2O. The molecule has 0 aromatic carbocycles. The molecule has 0 radical (unpaired) electrons. The van der Waals surface area contributed by atoms with Gasteiger partial charge >= 0.3 is 0 Å². The molecule has 0 amide bonds. The van der Waals surface area contributed by atoms with Gasteiger partial charge in [-0.15, -0.1) is 0 Å². The van der Waals surface area contributed by atoms with Crippen LogP contribution in [0.5, 0.6) is 0 Å². The van der Waals surface area contributed by atoms with Crippen molar-refractivity contribution in [1.29, 1.82) is 0 Å². The van der Waals surface area contributed by atoms with Crippen LogP contribution in [0.2, 0.25) is 0 Å². The lowest BCUT2D eigenvalue weighted by Crippen LogP contribution is -2.47. The quantitative estimate of drug-likeness (QED) is 0.707. The van der Waals surface area contributed by atoms with Gasteiger partial charge in [0, 0.05) is 19.1 Å². The molecule has 2 fully saturated rings. The second kappa shape index (κ2) is 4.81. The Labute approximate surface area is 92.8 Å². The van der Waals surface area contributed by atoms with E-state index in [4.69, 9.17) is 0 Å². The van der Waals surface area contributed by atoms with Gasteiger partial charge in [0.1, 0.15) is 0 Å². The van der Waals surface area contributed by atoms with E-state index in [9.17, 15) is 5.11 Å². The maximum atomic E-state index is 9.81. The Hall–Kier alpha value is -0.120. The fourth-order valence-electron chi connectivity index (χ4n) is 2.94. The van der Waals surface area contributed by atoms with Crippen molar-refractivity contribution in [1.82, 2.24) is 10.2 Å². The first-order valence-corrected chi connectivity index (χ1v) is 6.31. The third-order valence-corrected chi connectivity index (χ3v) is 4.14. The van der Waals surface area contributed by atoms with E-state index in [0.717, 1.165) is 24.9 Å². The van der Waals surface area contributed by atoms with Crippen LogP contribution in [0.4, 0.5) is 0 Å². The third kappa shape index (κ3) is 2.52. The number of piperidine rings is 1. The first-order valence-electron chi connectivity index (χ1n) is 6.31. The van der Waals surface area contributed by atoms with E-state index >= 15 is 0 Å². The smallest absolute Gasteiger partial charge is 0.0831 e. The van der Waals surface area contributed by atoms with Gasteiger partial charge in [-0.1, -0.05) is 13.8 Å². The second-order valence-electron chi connectivity index (χ2n) is 5.41. The zero-order chi connectivity index (χ0) is 10.8. The molecule has 2 aliphatic rings. The van der Waals surface area contributed by atoms with Crippen LogP contribution in [0, 0.1) is 11.8 Å². The Balaban J connectivity index is 1.82. The fraction of sp³-hybridized carbons (Fsp3) is 1.00. The summed E-state index contributed by atoms with van der Waals surface area (Å²) in [4.78, 5) is 2.48. The van der Waals surface area contributed by atoms with Gasteiger partial charge in [-0.2, -0.15) is 0 Å². The number of nitrogens with zero attached hydrogens (tertiary/aromatic N) is 1. The lowest BCUT2D eigenvalue weighted by Gasteiger charge is -2.38. The van der Waals surface area contributed by atoms with Crippen molar-refractivity contribution in [3.05, 3.63) is 0 Å². The SMILES string of the molecule is CC(C)C1CCN(C2CNCC2O)CC1. The summed E-state index contributed by atoms with van der Waals surface area (Å²) in [6, 6.07) is 0.373. The normalized spacial score (nSPS) is 35.2. The molecule has 3 nitrogen and oxygen atoms in total. The highest BCUT2D eigenvalue weighted by Gasteiger charge is 2.33. The Morgan fingerprint density at radius 2 is 1.87 bits per heavy atom. The highest BCUT2D eigenvalue weighted by Crippen LogP contribution is 2.26. The number of rotatable bonds is 2. The van der Waals surface area contributed by atoms with E-state index in [0.29, 0.717) is 6.04 Å². The lowest BCUT2D eigenvalue weighted by molar-refractivity contribution is 0.0522. The van der Waals surface area contributed by atoms with Gasteiger partial charge in [-0.3, -0.25) is 4.90 Å². The van der Waals surface area contributed by atoms with E-state index in [1.807, 2.05) is 0 Å². The molecular weight excluding hydrogens is 188 g/mol. The average molecular weight is 212 g/mol. The standard InChI is InChI=1S/C12H24N2O/c1-9(2)10-3-5-14(6-4-10)11-7-13-8-12(11)15/h9-13,15H,3-8H2,1-2H3. The maximum Gasteiger partial charge on any atom is 0.0831 e. The van der Waals surface area contributed by atoms with Crippen LogP contribution in [0.25, 0.3) is 0 Å². The molecule has 2 aliphatic heterocycles. The van der Waals surface area contributed by atoms with Gasteiger partial charge in [0.05, 0.1) is 6.10 Å². The monoisotopic (exact) mass is 212 g/mol. The minimum atomic E-state index is -0.152. The average Bonchev–Trinajstić information content (AvgIpc) is 2.65. The lowest BCUT2D eigenvalue weighted by atomic mass is 9.86. The molecule has 0 aromatic rings. The Morgan fingerprint density at radius 1 is 1.20 bits per heavy atom. The van der Waals surface area contributed by atoms with Gasteiger partial charge in [0.2, 0.25) is 0 Å². The largest absolute Gasteiger partial charge is 0.390 e. The zero-order valence-corrected chi connectivity index (χ0v) is 9.95. The van der Waals surface area contributed by atoms with Crippen molar-refractivity contribution in [2.45, 2.75) is 38.8 Å². The third-order valence-electron chi connectivity index (χ3n) is 4.14. The molecule has 88 valence electrons. The van der Waals surface area contributed by atoms with Crippen LogP contribution < -0.4 is 5.32 Å². The van der Waals surface area contributed by atoms with Crippen molar-refractivity contribution >= 4 is 0 Å². The van der Waals surface area contributed by atoms with Crippen LogP contribution in [-0.2, 0) is 0 Å². The molecule has 3 heteroatoms. The number of aliphatic hydroxyl groups excluding tert-OH is 1. The van der Waals surface area contributed by atoms with E-state index in [-0.39, 0.29) is 6.10 Å². The maximum absolute atomic E-state index is 9.81. The highest BCUT2D eigenvalue weighted by atomic mass is 16.3. The van der Waals surface area contributed by atoms with E-state index in [1.54, 1.807) is 0 Å². The predicted octanol–water partition coefficient (Wildman–Crippen LogP) is 0.687. The summed E-state index contributed by atoms with van der Waals surface area (Å²) in [5.74, 6) is 1.71. The van der Waals surface area contributed by atoms with Crippen LogP contribution >= 0.6 is 0 Å². The summed E-state index contributed by atoms with van der Waals surface area (Å²) in [6.45, 7) is 8.74. The van der Waals surface area contributed by atoms with Crippen LogP contribution in [0.15, 0.2) is 0 Å². The fourth-order valence-corrected chi connectivity index (χ4v) is 2.94. The van der Waals surface area contributed by atoms with Crippen molar-refractivity contribution in [3.8, 4) is 0 Å². The summed E-state index contributed by atoms with van der Waals surface area (Å²) in [5, 5.41) is 13.1. The van der Waals surface area contributed by atoms with E-state index < -0.39 is 0 Å². The minimum absolute atomic E-state index is 0.152. The molecule has 0 aromatic heterocycles. The van der Waals surface area contributed by atoms with Gasteiger partial charge in [0.15, 0.2) is 0 Å². The number of β-amino-alcohol motifs (C(OH)–C–C–N with tert-alkyl or cyclic N) is 1. The van der Waals surface area contributed by atoms with Gasteiger partial charge < -0.3 is 10.4 Å². The zero-order valence-electron chi connectivity index (χ0n) is 9.95. The molecule has 0 spiro atoms. The summed E-state index contributed by atoms with van der Waals surface area (Å²) in [6.07, 6.45) is 2.46. The molecule has 0 saturated carbocycles. The number of nitrogens with one attached hydrogen (secondary N) is 1. The summed E-state index contributed by atoms with van der Waals surface area (Å²) >= 11 is 0. The van der Waals surface area contributed by atoms with Crippen molar-refractivity contribution < 1.29 is 5.11 Å². The van der Waals surface area contributed by atoms with Crippen LogP contribution in [0.3, 0.4) is 0 Å². The molecule has 2 atom stereocenters. The number of aliphatic hydroxyl groups is 1. The molecule has 15 heavy (non-hydrogen) atoms. The van der Waals surface area contributed by atoms with Crippen LogP contribution in [0.1, 0.15) is 26.7 Å². The molecule has 2 N–H and O–H groups in total. The summed E-state index contributed by atoms with van der Waals surface area (Å²) < 4.78 is 0. The molecule has 0 bridgehead atoms. The van der Waals surface area contributed by atoms with Gasteiger partial charge in [0.25, 0.3) is 0 Å². The van der Waals surface area contributed by atoms with Crippen molar-refractivity contribution in [2.75, 3.05) is 26.2 Å². The summed E-state index contributed by atoms with van der Waals surface area (Å²) in [5.41, 5.74) is 0. The molecule has 2 saturated heterocycles. The molecule has 2 rings (SSSR count). The van der Waals surface area contributed by atoms with Crippen molar-refractivity contribution in [2.24, 2.45) is 11.8 Å². The van der Waals surface area contributed by atoms with Crippen LogP contribution in [-0.4, -0.2) is 48.3 Å². The number of hydrogen-bond donors (Lipinski definition) is 2. The predicted molar refractivity (Wildman–Crippen MR) is 61.8 cm³/mol. The minimum Gasteiger partial charge on any atom is -0.390 e. The van der Waals surface area contributed by atoms with Gasteiger partial charge in [-0.25, -0.2) is 0 Å². The Bertz CT molecular complexity index is 200. The van der Waals surface area contributed by atoms with Crippen molar-refractivity contribution in [3.63, 3.8) is 0 Å². The molecule has 0 aliphatic carbocycles. The molecule has 2 heterocycles. The Kier molecular flexibility index (Phi) is 3.65. The highest BCUT2D eigenvalue weighted by molar-refractivity contribution is 4.90. The summed E-state index contributed by atoms with van der Waals surface area (Å²) in [7, 11) is 0. The first kappa shape index (κ1) is 11.4. The first-order chi connectivity index (χ1) is 7.18. The van der Waals surface area contributed by atoms with E-state index in [2.05, 4.69) is 24.1 Å². The van der Waals surface area contributed by atoms with E-state index in [1.165, 1.54) is 25.9 Å². The number of likely N-dealkylation sites (tertiary alicyclic amines) is 1. The Morgan fingerprint density at radius 3 is 2.33 bits per heavy atom. The number of hydrogen-bond acceptors (Lipinski definition) is 3. The molecule has 2 unspecified atom stereocenters. The van der Waals surface area contributed by atoms with Gasteiger partial charge in [-0.05, 0) is 37.8 Å². The topological polar surface area (TPSA) is 35.5 Å².